The summed E-state index contributed by atoms with van der Waals surface area (Å²) in [4.78, 5) is 15.9. The van der Waals surface area contributed by atoms with Crippen LogP contribution in [0.2, 0.25) is 0 Å². The first-order valence-electron chi connectivity index (χ1n) is 8.58. The quantitative estimate of drug-likeness (QED) is 0.457. The normalized spacial score (nSPS) is 16.4. The van der Waals surface area contributed by atoms with Gasteiger partial charge in [0, 0.05) is 34.6 Å². The zero-order valence-electron chi connectivity index (χ0n) is 14.3. The number of aromatic amines is 1. The predicted molar refractivity (Wildman–Crippen MR) is 97.8 cm³/mol. The van der Waals surface area contributed by atoms with Crippen molar-refractivity contribution in [3.05, 3.63) is 52.7 Å². The molecular weight excluding hydrogens is 332 g/mol. The van der Waals surface area contributed by atoms with Crippen molar-refractivity contribution in [3.63, 3.8) is 0 Å². The lowest BCUT2D eigenvalue weighted by Gasteiger charge is -2.23. The molecule has 0 saturated carbocycles. The summed E-state index contributed by atoms with van der Waals surface area (Å²) in [5.74, 6) is -2.06. The van der Waals surface area contributed by atoms with Crippen molar-refractivity contribution in [3.8, 4) is 17.2 Å². The Morgan fingerprint density at radius 3 is 2.62 bits per heavy atom. The van der Waals surface area contributed by atoms with Crippen LogP contribution in [0.4, 0.5) is 0 Å². The maximum atomic E-state index is 12.4. The smallest absolute Gasteiger partial charge is 0.251 e. The van der Waals surface area contributed by atoms with Crippen LogP contribution in [0.15, 0.2) is 30.3 Å². The van der Waals surface area contributed by atoms with Gasteiger partial charge in [-0.25, -0.2) is 0 Å². The molecule has 0 spiro atoms. The van der Waals surface area contributed by atoms with E-state index in [1.54, 1.807) is 0 Å². The fourth-order valence-corrected chi connectivity index (χ4v) is 3.67. The van der Waals surface area contributed by atoms with Gasteiger partial charge in [-0.15, -0.1) is 0 Å². The number of carbonyl (C=O) groups is 1. The first kappa shape index (κ1) is 16.3. The Labute approximate surface area is 150 Å². The summed E-state index contributed by atoms with van der Waals surface area (Å²) < 4.78 is 0. The topological polar surface area (TPSA) is 106 Å². The second kappa shape index (κ2) is 5.98. The average Bonchev–Trinajstić information content (AvgIpc) is 2.96. The molecule has 0 saturated heterocycles. The van der Waals surface area contributed by atoms with Crippen LogP contribution in [-0.4, -0.2) is 32.3 Å². The van der Waals surface area contributed by atoms with Gasteiger partial charge < -0.3 is 25.6 Å². The van der Waals surface area contributed by atoms with Crippen LogP contribution in [0.5, 0.6) is 17.2 Å². The fraction of sp³-hybridized carbons (Fsp3) is 0.250. The van der Waals surface area contributed by atoms with E-state index in [9.17, 15) is 20.1 Å². The number of aromatic nitrogens is 1. The lowest BCUT2D eigenvalue weighted by Crippen LogP contribution is -2.38. The third-order valence-corrected chi connectivity index (χ3v) is 5.01. The number of amides is 1. The summed E-state index contributed by atoms with van der Waals surface area (Å²) in [6.07, 6.45) is 2.39. The van der Waals surface area contributed by atoms with Gasteiger partial charge in [-0.3, -0.25) is 4.79 Å². The molecule has 1 aliphatic carbocycles. The zero-order chi connectivity index (χ0) is 18.4. The minimum atomic E-state index is -0.628. The highest BCUT2D eigenvalue weighted by Gasteiger charge is 2.24. The lowest BCUT2D eigenvalue weighted by atomic mass is 9.91. The second-order valence-corrected chi connectivity index (χ2v) is 6.91. The molecular formula is C20H20N2O4. The van der Waals surface area contributed by atoms with Crippen molar-refractivity contribution < 1.29 is 20.1 Å². The van der Waals surface area contributed by atoms with Crippen molar-refractivity contribution in [2.75, 3.05) is 0 Å². The highest BCUT2D eigenvalue weighted by molar-refractivity contribution is 5.95. The Morgan fingerprint density at radius 2 is 1.88 bits per heavy atom. The molecule has 3 aromatic rings. The fourth-order valence-electron chi connectivity index (χ4n) is 3.67. The number of nitrogens with one attached hydrogen (secondary N) is 2. The molecule has 1 aliphatic rings. The Kier molecular flexibility index (Phi) is 3.76. The molecule has 5 N–H and O–H groups in total. The Balaban J connectivity index is 1.54. The van der Waals surface area contributed by atoms with E-state index in [0.717, 1.165) is 36.2 Å². The van der Waals surface area contributed by atoms with E-state index < -0.39 is 23.2 Å². The third kappa shape index (κ3) is 2.73. The van der Waals surface area contributed by atoms with Gasteiger partial charge in [0.1, 0.15) is 0 Å². The Hall–Kier alpha value is -3.15. The van der Waals surface area contributed by atoms with Crippen molar-refractivity contribution >= 4 is 16.8 Å². The van der Waals surface area contributed by atoms with Crippen molar-refractivity contribution in [1.29, 1.82) is 0 Å². The van der Waals surface area contributed by atoms with Crippen LogP contribution < -0.4 is 5.32 Å². The Morgan fingerprint density at radius 1 is 1.15 bits per heavy atom. The summed E-state index contributed by atoms with van der Waals surface area (Å²) in [5.41, 5.74) is 4.89. The van der Waals surface area contributed by atoms with Gasteiger partial charge in [0.25, 0.3) is 5.91 Å². The molecule has 6 nitrogen and oxygen atoms in total. The van der Waals surface area contributed by atoms with Crippen molar-refractivity contribution in [1.82, 2.24) is 10.3 Å². The first-order chi connectivity index (χ1) is 12.4. The molecule has 1 aromatic heterocycles. The van der Waals surface area contributed by atoms with E-state index in [4.69, 9.17) is 0 Å². The van der Waals surface area contributed by atoms with Crippen molar-refractivity contribution in [2.24, 2.45) is 0 Å². The number of rotatable bonds is 2. The largest absolute Gasteiger partial charge is 0.504 e. The number of benzene rings is 2. The molecule has 0 bridgehead atoms. The first-order valence-corrected chi connectivity index (χ1v) is 8.58. The van der Waals surface area contributed by atoms with Crippen LogP contribution in [0.25, 0.3) is 10.9 Å². The standard InChI is InChI=1S/C20H20N2O4/c1-10-2-5-15-14(6-10)13-4-3-12(9-16(13)22-15)21-20(26)11-7-17(23)19(25)18(24)8-11/h2,5-8,12,22-25H,3-4,9H2,1H3,(H,21,26). The zero-order valence-corrected chi connectivity index (χ0v) is 14.3. The van der Waals surface area contributed by atoms with Gasteiger partial charge in [-0.2, -0.15) is 0 Å². The highest BCUT2D eigenvalue weighted by Crippen LogP contribution is 2.35. The number of carbonyl (C=O) groups excluding carboxylic acids is 1. The number of hydrogen-bond donors (Lipinski definition) is 5. The third-order valence-electron chi connectivity index (χ3n) is 5.01. The van der Waals surface area contributed by atoms with Crippen LogP contribution in [0.1, 0.15) is 33.6 Å². The van der Waals surface area contributed by atoms with Gasteiger partial charge in [-0.05, 0) is 49.6 Å². The summed E-state index contributed by atoms with van der Waals surface area (Å²) in [6.45, 7) is 2.08. The Bertz CT molecular complexity index is 999. The minimum absolute atomic E-state index is 0.0396. The summed E-state index contributed by atoms with van der Waals surface area (Å²) in [6, 6.07) is 8.59. The second-order valence-electron chi connectivity index (χ2n) is 6.91. The molecule has 4 rings (SSSR count). The van der Waals surface area contributed by atoms with Crippen LogP contribution in [0.3, 0.4) is 0 Å². The molecule has 1 atom stereocenters. The van der Waals surface area contributed by atoms with E-state index in [-0.39, 0.29) is 11.6 Å². The molecule has 6 heteroatoms. The van der Waals surface area contributed by atoms with Crippen LogP contribution in [-0.2, 0) is 12.8 Å². The number of fused-ring (bicyclic) bond motifs is 3. The number of phenols is 3. The average molecular weight is 352 g/mol. The van der Waals surface area contributed by atoms with E-state index in [1.807, 2.05) is 0 Å². The maximum Gasteiger partial charge on any atom is 0.251 e. The molecule has 0 radical (unpaired) electrons. The maximum absolute atomic E-state index is 12.4. The molecule has 134 valence electrons. The minimum Gasteiger partial charge on any atom is -0.504 e. The van der Waals surface area contributed by atoms with Gasteiger partial charge in [-0.1, -0.05) is 11.6 Å². The summed E-state index contributed by atoms with van der Waals surface area (Å²) in [5, 5.41) is 32.7. The summed E-state index contributed by atoms with van der Waals surface area (Å²) in [7, 11) is 0. The van der Waals surface area contributed by atoms with Crippen molar-refractivity contribution in [2.45, 2.75) is 32.2 Å². The molecule has 0 fully saturated rings. The lowest BCUT2D eigenvalue weighted by molar-refractivity contribution is 0.0932. The number of H-pyrrole nitrogens is 1. The molecule has 26 heavy (non-hydrogen) atoms. The SMILES string of the molecule is Cc1ccc2[nH]c3c(c2c1)CCC(NC(=O)c1cc(O)c(O)c(O)c1)C3. The van der Waals surface area contributed by atoms with Gasteiger partial charge in [0.2, 0.25) is 0 Å². The molecule has 1 heterocycles. The van der Waals surface area contributed by atoms with Crippen LogP contribution >= 0.6 is 0 Å². The monoisotopic (exact) mass is 352 g/mol. The number of aryl methyl sites for hydroxylation is 2. The van der Waals surface area contributed by atoms with E-state index in [0.29, 0.717) is 6.42 Å². The van der Waals surface area contributed by atoms with E-state index >= 15 is 0 Å². The molecule has 1 unspecified atom stereocenters. The van der Waals surface area contributed by atoms with Crippen LogP contribution in [0, 0.1) is 6.92 Å². The number of phenolic OH excluding ortho intramolecular Hbond substituents is 3. The predicted octanol–water partition coefficient (Wildman–Crippen LogP) is 2.88. The molecule has 2 aromatic carbocycles. The van der Waals surface area contributed by atoms with E-state index in [1.165, 1.54) is 16.5 Å². The number of aromatic hydroxyl groups is 3. The number of hydrogen-bond acceptors (Lipinski definition) is 4. The van der Waals surface area contributed by atoms with Gasteiger partial charge in [0.15, 0.2) is 17.2 Å². The van der Waals surface area contributed by atoms with Gasteiger partial charge >= 0.3 is 0 Å². The van der Waals surface area contributed by atoms with E-state index in [2.05, 4.69) is 35.4 Å². The molecule has 1 amide bonds. The van der Waals surface area contributed by atoms with Gasteiger partial charge in [0.05, 0.1) is 0 Å². The molecule has 0 aliphatic heterocycles. The highest BCUT2D eigenvalue weighted by atomic mass is 16.3. The summed E-state index contributed by atoms with van der Waals surface area (Å²) >= 11 is 0.